The van der Waals surface area contributed by atoms with Crippen molar-refractivity contribution in [2.24, 2.45) is 5.92 Å². The molecule has 2 aromatic rings. The van der Waals surface area contributed by atoms with Gasteiger partial charge in [0.2, 0.25) is 5.60 Å². The van der Waals surface area contributed by atoms with Gasteiger partial charge in [-0.05, 0) is 49.4 Å². The quantitative estimate of drug-likeness (QED) is 0.826. The van der Waals surface area contributed by atoms with E-state index >= 15 is 0 Å². The fourth-order valence-electron chi connectivity index (χ4n) is 4.74. The fourth-order valence-corrected chi connectivity index (χ4v) is 4.74. The van der Waals surface area contributed by atoms with E-state index in [2.05, 4.69) is 11.8 Å². The van der Waals surface area contributed by atoms with E-state index in [4.69, 9.17) is 4.74 Å². The van der Waals surface area contributed by atoms with Crippen LogP contribution in [0.2, 0.25) is 0 Å². The lowest BCUT2D eigenvalue weighted by atomic mass is 9.79. The lowest BCUT2D eigenvalue weighted by Gasteiger charge is -2.50. The molecule has 27 heavy (non-hydrogen) atoms. The second kappa shape index (κ2) is 7.45. The summed E-state index contributed by atoms with van der Waals surface area (Å²) in [7, 11) is 0. The topological polar surface area (TPSA) is 49.8 Å². The van der Waals surface area contributed by atoms with Gasteiger partial charge in [0.05, 0.1) is 0 Å². The van der Waals surface area contributed by atoms with Crippen molar-refractivity contribution >= 4 is 5.97 Å². The van der Waals surface area contributed by atoms with Crippen LogP contribution in [-0.4, -0.2) is 41.2 Å². The van der Waals surface area contributed by atoms with Crippen molar-refractivity contribution in [2.75, 3.05) is 13.1 Å². The van der Waals surface area contributed by atoms with Crippen molar-refractivity contribution in [2.45, 2.75) is 43.9 Å². The molecule has 2 atom stereocenters. The number of nitrogens with zero attached hydrogens (tertiary/aromatic N) is 1. The summed E-state index contributed by atoms with van der Waals surface area (Å²) in [4.78, 5) is 15.8. The molecule has 2 aromatic carbocycles. The maximum atomic E-state index is 13.4. The van der Waals surface area contributed by atoms with E-state index < -0.39 is 11.6 Å². The smallest absolute Gasteiger partial charge is 0.348 e. The van der Waals surface area contributed by atoms with Crippen molar-refractivity contribution in [3.05, 3.63) is 71.8 Å². The summed E-state index contributed by atoms with van der Waals surface area (Å²) in [5.74, 6) is -0.184. The Morgan fingerprint density at radius 3 is 2.04 bits per heavy atom. The van der Waals surface area contributed by atoms with Gasteiger partial charge < -0.3 is 9.84 Å². The highest BCUT2D eigenvalue weighted by Crippen LogP contribution is 2.38. The van der Waals surface area contributed by atoms with Gasteiger partial charge in [-0.3, -0.25) is 4.90 Å². The summed E-state index contributed by atoms with van der Waals surface area (Å²) in [6, 6.07) is 18.5. The molecule has 3 aliphatic heterocycles. The number of piperidine rings is 3. The normalized spacial score (nSPS) is 27.3. The molecule has 142 valence electrons. The third-order valence-electron chi connectivity index (χ3n) is 6.23. The molecule has 4 heteroatoms. The number of esters is 1. The van der Waals surface area contributed by atoms with E-state index in [-0.39, 0.29) is 12.1 Å². The minimum atomic E-state index is -1.80. The predicted molar refractivity (Wildman–Crippen MR) is 104 cm³/mol. The molecule has 0 spiro atoms. The molecule has 5 rings (SSSR count). The van der Waals surface area contributed by atoms with Gasteiger partial charge in [-0.15, -0.1) is 0 Å². The summed E-state index contributed by atoms with van der Waals surface area (Å²) in [5, 5.41) is 11.6. The minimum Gasteiger partial charge on any atom is -0.458 e. The highest BCUT2D eigenvalue weighted by Gasteiger charge is 2.48. The molecule has 3 aliphatic rings. The van der Waals surface area contributed by atoms with Gasteiger partial charge in [-0.1, -0.05) is 67.6 Å². The number of ether oxygens (including phenoxy) is 1. The summed E-state index contributed by atoms with van der Waals surface area (Å²) >= 11 is 0. The molecule has 3 saturated heterocycles. The van der Waals surface area contributed by atoms with Crippen molar-refractivity contribution in [1.82, 2.24) is 4.90 Å². The molecule has 0 amide bonds. The van der Waals surface area contributed by atoms with Gasteiger partial charge in [0.25, 0.3) is 0 Å². The van der Waals surface area contributed by atoms with E-state index in [1.54, 1.807) is 24.3 Å². The molecule has 0 aliphatic carbocycles. The molecule has 4 nitrogen and oxygen atoms in total. The third-order valence-corrected chi connectivity index (χ3v) is 6.23. The first-order valence-corrected chi connectivity index (χ1v) is 9.93. The Morgan fingerprint density at radius 2 is 1.56 bits per heavy atom. The Hall–Kier alpha value is -2.17. The van der Waals surface area contributed by atoms with Gasteiger partial charge in [-0.25, -0.2) is 4.79 Å². The Labute approximate surface area is 160 Å². The molecule has 0 saturated carbocycles. The zero-order valence-electron chi connectivity index (χ0n) is 15.8. The van der Waals surface area contributed by atoms with Crippen LogP contribution in [0.15, 0.2) is 60.7 Å². The first-order valence-electron chi connectivity index (χ1n) is 9.93. The average Bonchev–Trinajstić information content (AvgIpc) is 2.75. The summed E-state index contributed by atoms with van der Waals surface area (Å²) in [5.41, 5.74) is -0.724. The SMILES string of the molecule is CCC1C(OC(=O)C(O)(c2ccccc2)c2ccccc2)C2CCN1CC2. The summed E-state index contributed by atoms with van der Waals surface area (Å²) in [6.45, 7) is 4.31. The van der Waals surface area contributed by atoms with Gasteiger partial charge in [0, 0.05) is 6.04 Å². The van der Waals surface area contributed by atoms with E-state index in [9.17, 15) is 9.90 Å². The highest BCUT2D eigenvalue weighted by molar-refractivity contribution is 5.85. The van der Waals surface area contributed by atoms with Crippen molar-refractivity contribution in [1.29, 1.82) is 0 Å². The summed E-state index contributed by atoms with van der Waals surface area (Å²) in [6.07, 6.45) is 2.92. The number of fused-ring (bicyclic) bond motifs is 3. The molecular formula is C23H27NO3. The Bertz CT molecular complexity index is 729. The molecule has 2 bridgehead atoms. The van der Waals surface area contributed by atoms with Crippen molar-refractivity contribution in [3.63, 3.8) is 0 Å². The monoisotopic (exact) mass is 365 g/mol. The van der Waals surface area contributed by atoms with Crippen LogP contribution in [-0.2, 0) is 15.1 Å². The van der Waals surface area contributed by atoms with Crippen LogP contribution in [0.25, 0.3) is 0 Å². The first-order chi connectivity index (χ1) is 13.1. The second-order valence-electron chi connectivity index (χ2n) is 7.66. The molecule has 0 radical (unpaired) electrons. The van der Waals surface area contributed by atoms with Crippen LogP contribution < -0.4 is 0 Å². The number of carbonyl (C=O) groups excluding carboxylic acids is 1. The largest absolute Gasteiger partial charge is 0.458 e. The van der Waals surface area contributed by atoms with Crippen molar-refractivity contribution in [3.8, 4) is 0 Å². The zero-order chi connectivity index (χ0) is 18.9. The van der Waals surface area contributed by atoms with E-state index in [0.717, 1.165) is 32.4 Å². The van der Waals surface area contributed by atoms with Crippen LogP contribution >= 0.6 is 0 Å². The Balaban J connectivity index is 1.68. The second-order valence-corrected chi connectivity index (χ2v) is 7.66. The lowest BCUT2D eigenvalue weighted by Crippen LogP contribution is -2.59. The minimum absolute atomic E-state index is 0.149. The Morgan fingerprint density at radius 1 is 1.04 bits per heavy atom. The van der Waals surface area contributed by atoms with Crippen LogP contribution in [0.1, 0.15) is 37.3 Å². The van der Waals surface area contributed by atoms with Crippen LogP contribution in [0.4, 0.5) is 0 Å². The van der Waals surface area contributed by atoms with Crippen LogP contribution in [0.3, 0.4) is 0 Å². The van der Waals surface area contributed by atoms with Gasteiger partial charge >= 0.3 is 5.97 Å². The predicted octanol–water partition coefficient (Wildman–Crippen LogP) is 3.34. The number of hydrogen-bond acceptors (Lipinski definition) is 4. The van der Waals surface area contributed by atoms with Gasteiger partial charge in [-0.2, -0.15) is 0 Å². The van der Waals surface area contributed by atoms with Crippen LogP contribution in [0.5, 0.6) is 0 Å². The molecular weight excluding hydrogens is 338 g/mol. The number of rotatable bonds is 5. The number of benzene rings is 2. The Kier molecular flexibility index (Phi) is 5.02. The average molecular weight is 365 g/mol. The van der Waals surface area contributed by atoms with E-state index in [1.807, 2.05) is 36.4 Å². The first kappa shape index (κ1) is 18.2. The number of aliphatic hydroxyl groups is 1. The standard InChI is InChI=1S/C23H27NO3/c1-2-20-21(17-13-15-24(20)16-14-17)27-22(25)23(26,18-9-5-3-6-10-18)19-11-7-4-8-12-19/h3-12,17,20-21,26H,2,13-16H2,1H3. The van der Waals surface area contributed by atoms with Gasteiger partial charge in [0.15, 0.2) is 0 Å². The van der Waals surface area contributed by atoms with E-state index in [0.29, 0.717) is 17.0 Å². The molecule has 2 unspecified atom stereocenters. The highest BCUT2D eigenvalue weighted by atomic mass is 16.6. The molecule has 0 aromatic heterocycles. The van der Waals surface area contributed by atoms with Crippen LogP contribution in [0, 0.1) is 5.92 Å². The molecule has 1 N–H and O–H groups in total. The van der Waals surface area contributed by atoms with Gasteiger partial charge in [0.1, 0.15) is 6.10 Å². The van der Waals surface area contributed by atoms with E-state index in [1.165, 1.54) is 0 Å². The zero-order valence-corrected chi connectivity index (χ0v) is 15.8. The lowest BCUT2D eigenvalue weighted by molar-refractivity contribution is -0.183. The molecule has 3 heterocycles. The summed E-state index contributed by atoms with van der Waals surface area (Å²) < 4.78 is 6.07. The third kappa shape index (κ3) is 3.17. The maximum Gasteiger partial charge on any atom is 0.348 e. The fraction of sp³-hybridized carbons (Fsp3) is 0.435. The molecule has 3 fully saturated rings. The number of hydrogen-bond donors (Lipinski definition) is 1. The maximum absolute atomic E-state index is 13.4. The van der Waals surface area contributed by atoms with Crippen molar-refractivity contribution < 1.29 is 14.6 Å². The number of carbonyl (C=O) groups is 1.